The van der Waals surface area contributed by atoms with Crippen molar-refractivity contribution in [3.8, 4) is 17.8 Å². The van der Waals surface area contributed by atoms with E-state index in [2.05, 4.69) is 12.1 Å². The summed E-state index contributed by atoms with van der Waals surface area (Å²) in [7, 11) is 0. The van der Waals surface area contributed by atoms with Crippen molar-refractivity contribution in [3.63, 3.8) is 0 Å². The first-order valence-corrected chi connectivity index (χ1v) is 5.48. The number of rotatable bonds is 1. The van der Waals surface area contributed by atoms with E-state index in [-0.39, 0.29) is 0 Å². The number of nitrogens with zero attached hydrogens (tertiary/aromatic N) is 3. The average Bonchev–Trinajstić information content (AvgIpc) is 2.60. The Morgan fingerprint density at radius 1 is 1.11 bits per heavy atom. The molecular formula is C14H12N4. The molecule has 0 spiro atoms. The Bertz CT molecular complexity index is 696. The largest absolute Gasteiger partial charge is 0.384 e. The normalized spacial score (nSPS) is 9.78. The van der Waals surface area contributed by atoms with E-state index >= 15 is 0 Å². The fraction of sp³-hybridized carbons (Fsp3) is 0.143. The molecule has 0 fully saturated rings. The molecular weight excluding hydrogens is 224 g/mol. The summed E-state index contributed by atoms with van der Waals surface area (Å²) < 4.78 is 1.76. The molecule has 0 radical (unpaired) electrons. The highest BCUT2D eigenvalue weighted by atomic mass is 15.1. The first-order valence-electron chi connectivity index (χ1n) is 5.48. The lowest BCUT2D eigenvalue weighted by Crippen LogP contribution is -2.04. The van der Waals surface area contributed by atoms with E-state index in [1.54, 1.807) is 16.7 Å². The zero-order valence-corrected chi connectivity index (χ0v) is 10.2. The molecule has 0 bridgehead atoms. The van der Waals surface area contributed by atoms with Gasteiger partial charge in [-0.25, -0.2) is 0 Å². The van der Waals surface area contributed by atoms with Gasteiger partial charge in [0.15, 0.2) is 0 Å². The summed E-state index contributed by atoms with van der Waals surface area (Å²) in [5, 5.41) is 18.2. The Hall–Kier alpha value is -2.72. The summed E-state index contributed by atoms with van der Waals surface area (Å²) in [5.74, 6) is 0.384. The quantitative estimate of drug-likeness (QED) is 0.825. The molecule has 4 heteroatoms. The number of hydrogen-bond donors (Lipinski definition) is 1. The van der Waals surface area contributed by atoms with E-state index in [9.17, 15) is 0 Å². The summed E-state index contributed by atoms with van der Waals surface area (Å²) in [6.07, 6.45) is 0. The smallest absolute Gasteiger partial charge is 0.126 e. The highest BCUT2D eigenvalue weighted by Gasteiger charge is 2.17. The minimum atomic E-state index is 0.384. The molecule has 0 unspecified atom stereocenters. The van der Waals surface area contributed by atoms with Gasteiger partial charge in [-0.05, 0) is 31.5 Å². The highest BCUT2D eigenvalue weighted by Crippen LogP contribution is 2.28. The molecule has 0 aliphatic heterocycles. The lowest BCUT2D eigenvalue weighted by Gasteiger charge is -2.10. The molecule has 88 valence electrons. The van der Waals surface area contributed by atoms with Crippen molar-refractivity contribution in [2.45, 2.75) is 13.8 Å². The minimum absolute atomic E-state index is 0.384. The number of aromatic nitrogens is 1. The van der Waals surface area contributed by atoms with Gasteiger partial charge in [0, 0.05) is 5.69 Å². The fourth-order valence-electron chi connectivity index (χ4n) is 2.05. The van der Waals surface area contributed by atoms with Crippen LogP contribution in [0.4, 0.5) is 5.82 Å². The Balaban J connectivity index is 2.82. The molecule has 0 saturated heterocycles. The van der Waals surface area contributed by atoms with E-state index < -0.39 is 0 Å². The molecule has 0 amide bonds. The number of nitrogens with two attached hydrogens (primary N) is 1. The van der Waals surface area contributed by atoms with Gasteiger partial charge in [-0.3, -0.25) is 4.57 Å². The molecule has 0 saturated carbocycles. The Kier molecular flexibility index (Phi) is 2.79. The second-order valence-electron chi connectivity index (χ2n) is 4.05. The number of para-hydroxylation sites is 1. The van der Waals surface area contributed by atoms with Crippen LogP contribution in [0.5, 0.6) is 0 Å². The standard InChI is InChI=1S/C14H12N4/c1-9-10(2)18(14(17)12(9)8-16)13-6-4-3-5-11(13)7-15/h3-6H,17H2,1-2H3. The maximum absolute atomic E-state index is 9.13. The molecule has 0 atom stereocenters. The molecule has 2 aromatic rings. The molecule has 2 N–H and O–H groups in total. The maximum Gasteiger partial charge on any atom is 0.126 e. The third-order valence-electron chi connectivity index (χ3n) is 3.13. The van der Waals surface area contributed by atoms with Gasteiger partial charge in [0.1, 0.15) is 18.0 Å². The SMILES string of the molecule is Cc1c(C#N)c(N)n(-c2ccccc2C#N)c1C. The number of hydrogen-bond acceptors (Lipinski definition) is 3. The Labute approximate surface area is 105 Å². The van der Waals surface area contributed by atoms with Crippen molar-refractivity contribution in [2.75, 3.05) is 5.73 Å². The van der Waals surface area contributed by atoms with E-state index in [0.29, 0.717) is 22.6 Å². The first-order chi connectivity index (χ1) is 8.61. The third-order valence-corrected chi connectivity index (χ3v) is 3.13. The van der Waals surface area contributed by atoms with Crippen molar-refractivity contribution in [1.82, 2.24) is 4.57 Å². The molecule has 1 heterocycles. The van der Waals surface area contributed by atoms with Crippen molar-refractivity contribution in [3.05, 3.63) is 46.6 Å². The van der Waals surface area contributed by atoms with Crippen LogP contribution in [-0.2, 0) is 0 Å². The molecule has 18 heavy (non-hydrogen) atoms. The summed E-state index contributed by atoms with van der Waals surface area (Å²) in [6, 6.07) is 11.4. The predicted molar refractivity (Wildman–Crippen MR) is 69.1 cm³/mol. The van der Waals surface area contributed by atoms with E-state index in [1.807, 2.05) is 26.0 Å². The second-order valence-corrected chi connectivity index (χ2v) is 4.05. The van der Waals surface area contributed by atoms with Crippen molar-refractivity contribution < 1.29 is 0 Å². The second kappa shape index (κ2) is 4.27. The number of anilines is 1. The topological polar surface area (TPSA) is 78.5 Å². The molecule has 0 aliphatic carbocycles. The van der Waals surface area contributed by atoms with E-state index in [1.165, 1.54) is 0 Å². The molecule has 0 aliphatic rings. The van der Waals surface area contributed by atoms with Crippen molar-refractivity contribution in [1.29, 1.82) is 10.5 Å². The fourth-order valence-corrected chi connectivity index (χ4v) is 2.05. The zero-order valence-electron chi connectivity index (χ0n) is 10.2. The number of nitrogen functional groups attached to an aromatic ring is 1. The van der Waals surface area contributed by atoms with Gasteiger partial charge in [-0.1, -0.05) is 12.1 Å². The van der Waals surface area contributed by atoms with Crippen molar-refractivity contribution >= 4 is 5.82 Å². The summed E-state index contributed by atoms with van der Waals surface area (Å²) >= 11 is 0. The Morgan fingerprint density at radius 3 is 2.33 bits per heavy atom. The molecule has 1 aromatic carbocycles. The third kappa shape index (κ3) is 1.52. The lowest BCUT2D eigenvalue weighted by atomic mass is 10.2. The monoisotopic (exact) mass is 236 g/mol. The lowest BCUT2D eigenvalue weighted by molar-refractivity contribution is 1.01. The first kappa shape index (κ1) is 11.8. The number of nitriles is 2. The summed E-state index contributed by atoms with van der Waals surface area (Å²) in [5.41, 5.74) is 9.45. The summed E-state index contributed by atoms with van der Waals surface area (Å²) in [6.45, 7) is 3.75. The van der Waals surface area contributed by atoms with Crippen LogP contribution < -0.4 is 5.73 Å². The van der Waals surface area contributed by atoms with Crippen LogP contribution in [0.1, 0.15) is 22.4 Å². The van der Waals surface area contributed by atoms with Crippen LogP contribution in [0.25, 0.3) is 5.69 Å². The van der Waals surface area contributed by atoms with Gasteiger partial charge in [-0.2, -0.15) is 10.5 Å². The van der Waals surface area contributed by atoms with Crippen LogP contribution in [0, 0.1) is 36.5 Å². The van der Waals surface area contributed by atoms with Gasteiger partial charge in [0.05, 0.1) is 16.8 Å². The van der Waals surface area contributed by atoms with Gasteiger partial charge < -0.3 is 5.73 Å². The Morgan fingerprint density at radius 2 is 1.78 bits per heavy atom. The average molecular weight is 236 g/mol. The van der Waals surface area contributed by atoms with Crippen LogP contribution in [0.2, 0.25) is 0 Å². The minimum Gasteiger partial charge on any atom is -0.384 e. The maximum atomic E-state index is 9.13. The van der Waals surface area contributed by atoms with Gasteiger partial charge >= 0.3 is 0 Å². The van der Waals surface area contributed by atoms with Crippen molar-refractivity contribution in [2.24, 2.45) is 0 Å². The van der Waals surface area contributed by atoms with E-state index in [0.717, 1.165) is 11.3 Å². The van der Waals surface area contributed by atoms with Gasteiger partial charge in [-0.15, -0.1) is 0 Å². The molecule has 2 rings (SSSR count). The van der Waals surface area contributed by atoms with Crippen LogP contribution in [0.3, 0.4) is 0 Å². The van der Waals surface area contributed by atoms with E-state index in [4.69, 9.17) is 16.3 Å². The van der Waals surface area contributed by atoms with Crippen LogP contribution in [0.15, 0.2) is 24.3 Å². The zero-order chi connectivity index (χ0) is 13.3. The molecule has 4 nitrogen and oxygen atoms in total. The summed E-state index contributed by atoms with van der Waals surface area (Å²) in [4.78, 5) is 0. The van der Waals surface area contributed by atoms with Crippen LogP contribution >= 0.6 is 0 Å². The van der Waals surface area contributed by atoms with Gasteiger partial charge in [0.2, 0.25) is 0 Å². The molecule has 1 aromatic heterocycles. The van der Waals surface area contributed by atoms with Crippen LogP contribution in [-0.4, -0.2) is 4.57 Å². The number of benzene rings is 1. The predicted octanol–water partition coefficient (Wildman–Crippen LogP) is 2.42. The van der Waals surface area contributed by atoms with Gasteiger partial charge in [0.25, 0.3) is 0 Å². The highest BCUT2D eigenvalue weighted by molar-refractivity contribution is 5.64.